The topological polar surface area (TPSA) is 80.2 Å². The Labute approximate surface area is 103 Å². The van der Waals surface area contributed by atoms with E-state index in [0.29, 0.717) is 5.69 Å². The van der Waals surface area contributed by atoms with Crippen molar-refractivity contribution < 1.29 is 13.2 Å². The summed E-state index contributed by atoms with van der Waals surface area (Å²) < 4.78 is 22.3. The van der Waals surface area contributed by atoms with Crippen LogP contribution in [-0.2, 0) is 20.4 Å². The lowest BCUT2D eigenvalue weighted by molar-refractivity contribution is -0.128. The second-order valence-corrected chi connectivity index (χ2v) is 6.68. The monoisotopic (exact) mass is 275 g/mol. The van der Waals surface area contributed by atoms with Crippen LogP contribution < -0.4 is 0 Å². The van der Waals surface area contributed by atoms with Crippen LogP contribution in [0.15, 0.2) is 18.6 Å². The van der Waals surface area contributed by atoms with Crippen molar-refractivity contribution in [2.75, 3.05) is 6.54 Å². The summed E-state index contributed by atoms with van der Waals surface area (Å²) in [4.78, 5) is 20.8. The number of aromatic nitrogens is 2. The zero-order valence-electron chi connectivity index (χ0n) is 8.78. The molecule has 1 fully saturated rings. The van der Waals surface area contributed by atoms with E-state index in [1.165, 1.54) is 11.2 Å². The summed E-state index contributed by atoms with van der Waals surface area (Å²) in [6.07, 6.45) is 2.89. The van der Waals surface area contributed by atoms with Crippen molar-refractivity contribution in [2.45, 2.75) is 18.2 Å². The molecule has 1 atom stereocenters. The molecule has 0 bridgehead atoms. The van der Waals surface area contributed by atoms with Gasteiger partial charge in [0.2, 0.25) is 15.0 Å². The minimum absolute atomic E-state index is 0.0586. The van der Waals surface area contributed by atoms with Crippen LogP contribution in [0.25, 0.3) is 0 Å². The van der Waals surface area contributed by atoms with Crippen molar-refractivity contribution >= 4 is 25.6 Å². The molecule has 6 nitrogen and oxygen atoms in total. The molecule has 2 heterocycles. The summed E-state index contributed by atoms with van der Waals surface area (Å²) >= 11 is 0. The number of carbonyl (C=O) groups is 1. The quantitative estimate of drug-likeness (QED) is 0.734. The Morgan fingerprint density at radius 1 is 1.53 bits per heavy atom. The zero-order valence-corrected chi connectivity index (χ0v) is 10.4. The summed E-state index contributed by atoms with van der Waals surface area (Å²) in [6.45, 7) is 0.402. The maximum Gasteiger partial charge on any atom is 0.237 e. The van der Waals surface area contributed by atoms with Gasteiger partial charge in [-0.25, -0.2) is 18.4 Å². The Hall–Kier alpha value is -1.21. The lowest BCUT2D eigenvalue weighted by Gasteiger charge is -2.14. The molecule has 0 N–H and O–H groups in total. The van der Waals surface area contributed by atoms with Gasteiger partial charge < -0.3 is 4.90 Å². The Bertz CT molecular complexity index is 520. The first-order valence-corrected chi connectivity index (χ1v) is 7.30. The number of nitrogens with zero attached hydrogens (tertiary/aromatic N) is 3. The highest BCUT2D eigenvalue weighted by atomic mass is 35.7. The van der Waals surface area contributed by atoms with Crippen LogP contribution in [0.1, 0.15) is 12.1 Å². The third kappa shape index (κ3) is 2.92. The van der Waals surface area contributed by atoms with Crippen LogP contribution in [0.2, 0.25) is 0 Å². The predicted octanol–water partition coefficient (Wildman–Crippen LogP) is 0.146. The number of carbonyl (C=O) groups excluding carboxylic acids is 1. The first-order valence-electron chi connectivity index (χ1n) is 4.93. The SMILES string of the molecule is O=C1CC(S(=O)(=O)Cl)CN1Cc1ccncn1. The fourth-order valence-corrected chi connectivity index (χ4v) is 2.74. The largest absolute Gasteiger partial charge is 0.335 e. The van der Waals surface area contributed by atoms with Crippen molar-refractivity contribution in [3.8, 4) is 0 Å². The van der Waals surface area contributed by atoms with E-state index < -0.39 is 14.3 Å². The van der Waals surface area contributed by atoms with Gasteiger partial charge in [0.05, 0.1) is 12.2 Å². The number of likely N-dealkylation sites (tertiary alicyclic amines) is 1. The van der Waals surface area contributed by atoms with E-state index in [4.69, 9.17) is 10.7 Å². The molecule has 8 heteroatoms. The summed E-state index contributed by atoms with van der Waals surface area (Å²) in [7, 11) is 1.56. The summed E-state index contributed by atoms with van der Waals surface area (Å²) in [5.41, 5.74) is 0.668. The predicted molar refractivity (Wildman–Crippen MR) is 60.6 cm³/mol. The Morgan fingerprint density at radius 3 is 2.82 bits per heavy atom. The van der Waals surface area contributed by atoms with Crippen molar-refractivity contribution in [1.29, 1.82) is 0 Å². The van der Waals surface area contributed by atoms with Gasteiger partial charge in [-0.2, -0.15) is 0 Å². The average Bonchev–Trinajstić information content (AvgIpc) is 2.62. The minimum Gasteiger partial charge on any atom is -0.335 e. The fraction of sp³-hybridized carbons (Fsp3) is 0.444. The van der Waals surface area contributed by atoms with Gasteiger partial charge >= 0.3 is 0 Å². The number of rotatable bonds is 3. The minimum atomic E-state index is -3.68. The second kappa shape index (κ2) is 4.58. The van der Waals surface area contributed by atoms with Crippen LogP contribution in [0.5, 0.6) is 0 Å². The molecule has 1 aromatic rings. The highest BCUT2D eigenvalue weighted by Gasteiger charge is 2.37. The number of hydrogen-bond acceptors (Lipinski definition) is 5. The van der Waals surface area contributed by atoms with Gasteiger partial charge in [0.25, 0.3) is 0 Å². The van der Waals surface area contributed by atoms with E-state index in [1.54, 1.807) is 12.3 Å². The van der Waals surface area contributed by atoms with E-state index in [2.05, 4.69) is 9.97 Å². The molecular formula is C9H10ClN3O3S. The third-order valence-corrected chi connectivity index (χ3v) is 4.44. The second-order valence-electron chi connectivity index (χ2n) is 3.78. The molecule has 0 aromatic carbocycles. The van der Waals surface area contributed by atoms with Gasteiger partial charge in [0, 0.05) is 29.8 Å². The van der Waals surface area contributed by atoms with E-state index in [-0.39, 0.29) is 25.4 Å². The molecular weight excluding hydrogens is 266 g/mol. The molecule has 1 unspecified atom stereocenters. The smallest absolute Gasteiger partial charge is 0.237 e. The normalized spacial score (nSPS) is 20.9. The summed E-state index contributed by atoms with van der Waals surface area (Å²) in [5, 5.41) is -0.821. The van der Waals surface area contributed by atoms with Gasteiger partial charge in [-0.1, -0.05) is 0 Å². The van der Waals surface area contributed by atoms with Crippen LogP contribution in [-0.4, -0.2) is 41.0 Å². The van der Waals surface area contributed by atoms with Crippen LogP contribution in [0.3, 0.4) is 0 Å². The van der Waals surface area contributed by atoms with Crippen LogP contribution in [0, 0.1) is 0 Å². The van der Waals surface area contributed by atoms with E-state index in [0.717, 1.165) is 0 Å². The highest BCUT2D eigenvalue weighted by Crippen LogP contribution is 2.22. The van der Waals surface area contributed by atoms with Gasteiger partial charge in [-0.05, 0) is 6.07 Å². The highest BCUT2D eigenvalue weighted by molar-refractivity contribution is 8.14. The lowest BCUT2D eigenvalue weighted by Crippen LogP contribution is -2.27. The molecule has 1 aliphatic rings. The molecule has 1 aromatic heterocycles. The Morgan fingerprint density at radius 2 is 2.29 bits per heavy atom. The van der Waals surface area contributed by atoms with Gasteiger partial charge in [0.1, 0.15) is 11.6 Å². The molecule has 92 valence electrons. The first-order chi connectivity index (χ1) is 7.97. The van der Waals surface area contributed by atoms with Gasteiger partial charge in [0.15, 0.2) is 0 Å². The molecule has 0 aliphatic carbocycles. The number of amides is 1. The van der Waals surface area contributed by atoms with Crippen molar-refractivity contribution in [3.05, 3.63) is 24.3 Å². The van der Waals surface area contributed by atoms with Gasteiger partial charge in [-0.15, -0.1) is 0 Å². The van der Waals surface area contributed by atoms with Crippen molar-refractivity contribution in [3.63, 3.8) is 0 Å². The zero-order chi connectivity index (χ0) is 12.5. The number of halogens is 1. The number of hydrogen-bond donors (Lipinski definition) is 0. The maximum atomic E-state index is 11.6. The maximum absolute atomic E-state index is 11.6. The summed E-state index contributed by atoms with van der Waals surface area (Å²) in [5.74, 6) is -0.224. The molecule has 0 spiro atoms. The van der Waals surface area contributed by atoms with E-state index >= 15 is 0 Å². The van der Waals surface area contributed by atoms with Crippen LogP contribution in [0.4, 0.5) is 0 Å². The molecule has 0 saturated carbocycles. The Balaban J connectivity index is 2.07. The third-order valence-electron chi connectivity index (χ3n) is 2.57. The molecule has 1 aliphatic heterocycles. The van der Waals surface area contributed by atoms with Crippen molar-refractivity contribution in [1.82, 2.24) is 14.9 Å². The van der Waals surface area contributed by atoms with Crippen LogP contribution >= 0.6 is 10.7 Å². The molecule has 1 amide bonds. The molecule has 17 heavy (non-hydrogen) atoms. The standard InChI is InChI=1S/C9H10ClN3O3S/c10-17(15,16)8-3-9(14)13(5-8)4-7-1-2-11-6-12-7/h1-2,6,8H,3-5H2. The van der Waals surface area contributed by atoms with E-state index in [1.807, 2.05) is 0 Å². The fourth-order valence-electron chi connectivity index (χ4n) is 1.68. The van der Waals surface area contributed by atoms with Gasteiger partial charge in [-0.3, -0.25) is 4.79 Å². The molecule has 1 saturated heterocycles. The Kier molecular flexibility index (Phi) is 3.30. The first kappa shape index (κ1) is 12.3. The lowest BCUT2D eigenvalue weighted by atomic mass is 10.4. The van der Waals surface area contributed by atoms with E-state index in [9.17, 15) is 13.2 Å². The molecule has 2 rings (SSSR count). The molecule has 0 radical (unpaired) electrons. The summed E-state index contributed by atoms with van der Waals surface area (Å²) in [6, 6.07) is 1.68. The van der Waals surface area contributed by atoms with Crippen molar-refractivity contribution in [2.24, 2.45) is 0 Å². The average molecular weight is 276 g/mol.